The first-order chi connectivity index (χ1) is 9.28. The Morgan fingerprint density at radius 3 is 2.89 bits per heavy atom. The van der Waals surface area contributed by atoms with Crippen molar-refractivity contribution in [2.24, 2.45) is 0 Å². The molecule has 1 saturated heterocycles. The van der Waals surface area contributed by atoms with Crippen molar-refractivity contribution in [1.29, 1.82) is 0 Å². The normalized spacial score (nSPS) is 18.2. The minimum atomic E-state index is -0.455. The average Bonchev–Trinajstić information content (AvgIpc) is 2.46. The zero-order chi connectivity index (χ0) is 13.5. The molecule has 0 saturated carbocycles. The molecular formula is C15H23NO3. The first-order valence-corrected chi connectivity index (χ1v) is 6.98. The summed E-state index contributed by atoms with van der Waals surface area (Å²) < 4.78 is 10.9. The quantitative estimate of drug-likeness (QED) is 0.842. The Kier molecular flexibility index (Phi) is 5.63. The molecule has 0 aromatic heterocycles. The van der Waals surface area contributed by atoms with Crippen LogP contribution in [0.3, 0.4) is 0 Å². The van der Waals surface area contributed by atoms with E-state index in [4.69, 9.17) is 9.47 Å². The number of aliphatic hydroxyl groups is 1. The van der Waals surface area contributed by atoms with Crippen molar-refractivity contribution in [3.8, 4) is 5.75 Å². The summed E-state index contributed by atoms with van der Waals surface area (Å²) in [6, 6.07) is 8.03. The SMILES string of the molecule is CCc1cccc(OC[C@H](O)CN2CCOCC2)c1. The van der Waals surface area contributed by atoms with Gasteiger partial charge in [0.05, 0.1) is 13.2 Å². The first-order valence-electron chi connectivity index (χ1n) is 6.98. The van der Waals surface area contributed by atoms with Crippen molar-refractivity contribution in [1.82, 2.24) is 4.90 Å². The van der Waals surface area contributed by atoms with E-state index in [9.17, 15) is 5.11 Å². The third-order valence-corrected chi connectivity index (χ3v) is 3.32. The summed E-state index contributed by atoms with van der Waals surface area (Å²) in [4.78, 5) is 2.21. The van der Waals surface area contributed by atoms with Gasteiger partial charge in [-0.05, 0) is 24.1 Å². The molecule has 1 aliphatic rings. The van der Waals surface area contributed by atoms with Crippen LogP contribution < -0.4 is 4.74 Å². The molecule has 1 fully saturated rings. The third-order valence-electron chi connectivity index (χ3n) is 3.32. The van der Waals surface area contributed by atoms with E-state index in [0.717, 1.165) is 38.5 Å². The summed E-state index contributed by atoms with van der Waals surface area (Å²) in [5.41, 5.74) is 1.25. The van der Waals surface area contributed by atoms with Crippen molar-refractivity contribution in [2.75, 3.05) is 39.5 Å². The topological polar surface area (TPSA) is 41.9 Å². The van der Waals surface area contributed by atoms with E-state index < -0.39 is 6.10 Å². The van der Waals surface area contributed by atoms with E-state index >= 15 is 0 Å². The Balaban J connectivity index is 1.74. The Morgan fingerprint density at radius 1 is 1.37 bits per heavy atom. The molecule has 0 radical (unpaired) electrons. The van der Waals surface area contributed by atoms with Crippen LogP contribution in [0.1, 0.15) is 12.5 Å². The molecule has 0 bridgehead atoms. The highest BCUT2D eigenvalue weighted by Crippen LogP contribution is 2.14. The van der Waals surface area contributed by atoms with Crippen LogP contribution in [0, 0.1) is 0 Å². The van der Waals surface area contributed by atoms with Crippen molar-refractivity contribution >= 4 is 0 Å². The van der Waals surface area contributed by atoms with Gasteiger partial charge in [0.25, 0.3) is 0 Å². The number of morpholine rings is 1. The van der Waals surface area contributed by atoms with Crippen LogP contribution >= 0.6 is 0 Å². The van der Waals surface area contributed by atoms with Crippen LogP contribution in [0.4, 0.5) is 0 Å². The number of hydrogen-bond donors (Lipinski definition) is 1. The van der Waals surface area contributed by atoms with Gasteiger partial charge in [-0.15, -0.1) is 0 Å². The number of aryl methyl sites for hydroxylation is 1. The number of ether oxygens (including phenoxy) is 2. The van der Waals surface area contributed by atoms with Crippen LogP contribution in [-0.4, -0.2) is 55.6 Å². The molecule has 19 heavy (non-hydrogen) atoms. The maximum absolute atomic E-state index is 9.98. The Morgan fingerprint density at radius 2 is 2.16 bits per heavy atom. The standard InChI is InChI=1S/C15H23NO3/c1-2-13-4-3-5-15(10-13)19-12-14(17)11-16-6-8-18-9-7-16/h3-5,10,14,17H,2,6-9,11-12H2,1H3/t14-/m1/s1. The van der Waals surface area contributed by atoms with Crippen molar-refractivity contribution < 1.29 is 14.6 Å². The largest absolute Gasteiger partial charge is 0.491 e. The van der Waals surface area contributed by atoms with Gasteiger partial charge in [-0.2, -0.15) is 0 Å². The molecule has 1 heterocycles. The van der Waals surface area contributed by atoms with E-state index in [2.05, 4.69) is 17.9 Å². The lowest BCUT2D eigenvalue weighted by Crippen LogP contribution is -2.42. The number of aliphatic hydroxyl groups excluding tert-OH is 1. The van der Waals surface area contributed by atoms with E-state index in [1.807, 2.05) is 18.2 Å². The highest BCUT2D eigenvalue weighted by Gasteiger charge is 2.15. The van der Waals surface area contributed by atoms with Crippen LogP contribution in [0.5, 0.6) is 5.75 Å². The lowest BCUT2D eigenvalue weighted by atomic mass is 10.2. The number of β-amino-alcohol motifs (C(OH)–C–C–N with tert-alkyl or cyclic N) is 1. The first kappa shape index (κ1) is 14.3. The lowest BCUT2D eigenvalue weighted by Gasteiger charge is -2.28. The second-order valence-corrected chi connectivity index (χ2v) is 4.88. The van der Waals surface area contributed by atoms with Crippen molar-refractivity contribution in [3.63, 3.8) is 0 Å². The minimum Gasteiger partial charge on any atom is -0.491 e. The van der Waals surface area contributed by atoms with Gasteiger partial charge < -0.3 is 14.6 Å². The summed E-state index contributed by atoms with van der Waals surface area (Å²) in [7, 11) is 0. The van der Waals surface area contributed by atoms with Gasteiger partial charge >= 0.3 is 0 Å². The summed E-state index contributed by atoms with van der Waals surface area (Å²) in [6.45, 7) is 6.40. The molecule has 2 rings (SSSR count). The minimum absolute atomic E-state index is 0.338. The second kappa shape index (κ2) is 7.48. The third kappa shape index (κ3) is 4.82. The van der Waals surface area contributed by atoms with Gasteiger partial charge in [-0.1, -0.05) is 19.1 Å². The second-order valence-electron chi connectivity index (χ2n) is 4.88. The number of benzene rings is 1. The Hall–Kier alpha value is -1.10. The molecular weight excluding hydrogens is 242 g/mol. The molecule has 0 aliphatic carbocycles. The average molecular weight is 265 g/mol. The maximum Gasteiger partial charge on any atom is 0.119 e. The maximum atomic E-state index is 9.98. The van der Waals surface area contributed by atoms with E-state index in [1.54, 1.807) is 0 Å². The molecule has 1 aromatic rings. The van der Waals surface area contributed by atoms with Gasteiger partial charge in [0, 0.05) is 19.6 Å². The van der Waals surface area contributed by atoms with E-state index in [-0.39, 0.29) is 0 Å². The fourth-order valence-electron chi connectivity index (χ4n) is 2.18. The number of hydrogen-bond acceptors (Lipinski definition) is 4. The Labute approximate surface area is 114 Å². The van der Waals surface area contributed by atoms with E-state index in [0.29, 0.717) is 13.2 Å². The zero-order valence-electron chi connectivity index (χ0n) is 11.5. The molecule has 0 unspecified atom stereocenters. The fraction of sp³-hybridized carbons (Fsp3) is 0.600. The van der Waals surface area contributed by atoms with Gasteiger partial charge in [0.2, 0.25) is 0 Å². The molecule has 1 aromatic carbocycles. The van der Waals surface area contributed by atoms with Crippen LogP contribution in [-0.2, 0) is 11.2 Å². The lowest BCUT2D eigenvalue weighted by molar-refractivity contribution is 0.00465. The van der Waals surface area contributed by atoms with Gasteiger partial charge in [0.15, 0.2) is 0 Å². The molecule has 4 heteroatoms. The zero-order valence-corrected chi connectivity index (χ0v) is 11.5. The molecule has 0 spiro atoms. The monoisotopic (exact) mass is 265 g/mol. The highest BCUT2D eigenvalue weighted by atomic mass is 16.5. The molecule has 1 aliphatic heterocycles. The summed E-state index contributed by atoms with van der Waals surface area (Å²) >= 11 is 0. The molecule has 106 valence electrons. The van der Waals surface area contributed by atoms with Crippen molar-refractivity contribution in [2.45, 2.75) is 19.4 Å². The van der Waals surface area contributed by atoms with Gasteiger partial charge in [-0.25, -0.2) is 0 Å². The highest BCUT2D eigenvalue weighted by molar-refractivity contribution is 5.28. The van der Waals surface area contributed by atoms with Crippen LogP contribution in [0.15, 0.2) is 24.3 Å². The molecule has 1 N–H and O–H groups in total. The van der Waals surface area contributed by atoms with Crippen molar-refractivity contribution in [3.05, 3.63) is 29.8 Å². The van der Waals surface area contributed by atoms with Crippen LogP contribution in [0.25, 0.3) is 0 Å². The summed E-state index contributed by atoms with van der Waals surface area (Å²) in [5.74, 6) is 0.834. The fourth-order valence-corrected chi connectivity index (χ4v) is 2.18. The van der Waals surface area contributed by atoms with Gasteiger partial charge in [0.1, 0.15) is 18.5 Å². The predicted molar refractivity (Wildman–Crippen MR) is 74.6 cm³/mol. The Bertz CT molecular complexity index is 377. The summed E-state index contributed by atoms with van der Waals surface area (Å²) in [6.07, 6.45) is 0.538. The number of nitrogens with zero attached hydrogens (tertiary/aromatic N) is 1. The van der Waals surface area contributed by atoms with E-state index in [1.165, 1.54) is 5.56 Å². The molecule has 4 nitrogen and oxygen atoms in total. The smallest absolute Gasteiger partial charge is 0.119 e. The molecule has 0 amide bonds. The van der Waals surface area contributed by atoms with Gasteiger partial charge in [-0.3, -0.25) is 4.90 Å². The summed E-state index contributed by atoms with van der Waals surface area (Å²) in [5, 5.41) is 9.98. The number of rotatable bonds is 6. The molecule has 1 atom stereocenters. The van der Waals surface area contributed by atoms with Crippen LogP contribution in [0.2, 0.25) is 0 Å². The predicted octanol–water partition coefficient (Wildman–Crippen LogP) is 1.32.